The Kier molecular flexibility index (Phi) is 5.20. The molecule has 0 saturated carbocycles. The molecule has 1 aliphatic heterocycles. The molecule has 15 heteroatoms. The van der Waals surface area contributed by atoms with Crippen molar-refractivity contribution in [2.75, 3.05) is 5.32 Å². The Morgan fingerprint density at radius 2 is 2.04 bits per heavy atom. The van der Waals surface area contributed by atoms with Gasteiger partial charge in [-0.05, 0) is 55.4 Å². The molecule has 28 heavy (non-hydrogen) atoms. The SMILES string of the molecule is [B]C1([B])CC(Nc2nonc2C(N)=Nc2ccc(F)c(Br)c2)C([B])([B])S1(=O)=O. The molecule has 0 spiro atoms. The van der Waals surface area contributed by atoms with Crippen LogP contribution in [0.4, 0.5) is 15.9 Å². The van der Waals surface area contributed by atoms with Gasteiger partial charge in [0.15, 0.2) is 11.5 Å². The maximum atomic E-state index is 13.3. The monoisotopic (exact) mass is 457 g/mol. The molecular formula is C13H9B4BrFN5O3S. The normalized spacial score (nSPS) is 22.8. The number of sulfone groups is 1. The highest BCUT2D eigenvalue weighted by Gasteiger charge is 2.56. The molecule has 1 saturated heterocycles. The average molecular weight is 457 g/mol. The number of benzene rings is 1. The molecule has 8 radical (unpaired) electrons. The van der Waals surface area contributed by atoms with E-state index in [2.05, 4.69) is 41.2 Å². The summed E-state index contributed by atoms with van der Waals surface area (Å²) in [6.45, 7) is 0. The van der Waals surface area contributed by atoms with E-state index in [-0.39, 0.29) is 28.2 Å². The van der Waals surface area contributed by atoms with E-state index in [9.17, 15) is 12.8 Å². The van der Waals surface area contributed by atoms with Gasteiger partial charge in [0.2, 0.25) is 5.82 Å². The number of nitrogens with zero attached hydrogens (tertiary/aromatic N) is 3. The largest absolute Gasteiger partial charge is 0.382 e. The number of rotatable bonds is 4. The lowest BCUT2D eigenvalue weighted by Gasteiger charge is -2.28. The second-order valence-corrected chi connectivity index (χ2v) is 9.60. The van der Waals surface area contributed by atoms with Crippen LogP contribution in [-0.4, -0.2) is 71.1 Å². The van der Waals surface area contributed by atoms with Crippen LogP contribution in [0.15, 0.2) is 32.3 Å². The number of hydrogen-bond acceptors (Lipinski definition) is 7. The van der Waals surface area contributed by atoms with E-state index in [4.69, 9.17) is 37.1 Å². The smallest absolute Gasteiger partial charge is 0.202 e. The molecule has 0 aliphatic carbocycles. The summed E-state index contributed by atoms with van der Waals surface area (Å²) in [5.41, 5.74) is 6.19. The van der Waals surface area contributed by atoms with Crippen LogP contribution >= 0.6 is 15.9 Å². The number of hydrogen-bond donors (Lipinski definition) is 2. The molecule has 1 atom stereocenters. The van der Waals surface area contributed by atoms with Gasteiger partial charge in [0.25, 0.3) is 0 Å². The van der Waals surface area contributed by atoms with Crippen LogP contribution in [0, 0.1) is 5.82 Å². The zero-order valence-electron chi connectivity index (χ0n) is 14.1. The maximum absolute atomic E-state index is 13.3. The van der Waals surface area contributed by atoms with Crippen molar-refractivity contribution in [1.82, 2.24) is 10.3 Å². The van der Waals surface area contributed by atoms with Crippen molar-refractivity contribution in [2.45, 2.75) is 21.6 Å². The van der Waals surface area contributed by atoms with Gasteiger partial charge in [-0.3, -0.25) is 0 Å². The summed E-state index contributed by atoms with van der Waals surface area (Å²) in [6.07, 6.45) is -0.309. The lowest BCUT2D eigenvalue weighted by molar-refractivity contribution is 0.307. The molecule has 1 fully saturated rings. The highest BCUT2D eigenvalue weighted by Crippen LogP contribution is 2.39. The first-order valence-electron chi connectivity index (χ1n) is 7.65. The molecule has 1 aromatic carbocycles. The Hall–Kier alpha value is -1.75. The fraction of sp³-hybridized carbons (Fsp3) is 0.308. The molecule has 1 aromatic heterocycles. The predicted octanol–water partition coefficient (Wildman–Crippen LogP) is -0.411. The third-order valence-corrected chi connectivity index (χ3v) is 7.22. The van der Waals surface area contributed by atoms with Crippen LogP contribution < -0.4 is 11.1 Å². The third-order valence-electron chi connectivity index (χ3n) is 4.23. The summed E-state index contributed by atoms with van der Waals surface area (Å²) in [5.74, 6) is -0.685. The van der Waals surface area contributed by atoms with E-state index in [1.54, 1.807) is 0 Å². The number of anilines is 1. The molecule has 2 heterocycles. The molecule has 2 aromatic rings. The van der Waals surface area contributed by atoms with Crippen LogP contribution in [0.25, 0.3) is 0 Å². The Bertz CT molecular complexity index is 1060. The van der Waals surface area contributed by atoms with Crippen molar-refractivity contribution in [3.63, 3.8) is 0 Å². The van der Waals surface area contributed by atoms with E-state index in [0.717, 1.165) is 0 Å². The molecule has 0 bridgehead atoms. The summed E-state index contributed by atoms with van der Waals surface area (Å²) in [6, 6.07) is 2.86. The Balaban J connectivity index is 1.90. The highest BCUT2D eigenvalue weighted by atomic mass is 79.9. The first-order chi connectivity index (χ1) is 12.9. The molecule has 1 aliphatic rings. The number of aromatic nitrogens is 2. The zero-order valence-corrected chi connectivity index (χ0v) is 16.5. The summed E-state index contributed by atoms with van der Waals surface area (Å²) in [5, 5.41) is 9.94. The Morgan fingerprint density at radius 3 is 2.61 bits per heavy atom. The fourth-order valence-corrected chi connectivity index (χ4v) is 4.56. The van der Waals surface area contributed by atoms with E-state index in [1.807, 2.05) is 0 Å². The van der Waals surface area contributed by atoms with Crippen molar-refractivity contribution in [2.24, 2.45) is 10.7 Å². The topological polar surface area (TPSA) is 123 Å². The first-order valence-corrected chi connectivity index (χ1v) is 9.93. The number of nitrogens with two attached hydrogens (primary N) is 1. The summed E-state index contributed by atoms with van der Waals surface area (Å²) < 4.78 is 38.4. The number of halogens is 2. The zero-order chi connectivity index (χ0) is 20.9. The average Bonchev–Trinajstić information content (AvgIpc) is 3.09. The van der Waals surface area contributed by atoms with Gasteiger partial charge in [0.05, 0.1) is 41.5 Å². The second kappa shape index (κ2) is 6.94. The standard InChI is InChI=1S/C13H9B4BrFN5O3S/c14-12(15)4-8(13(16,17)28(12,25)26)22-11-9(23-27-24-11)10(20)21-5-1-2-7(19)6(18)3-5/h1-3,8H,4H2,(H2,20,21)(H,22,24). The number of amidine groups is 1. The Labute approximate surface area is 173 Å². The highest BCUT2D eigenvalue weighted by molar-refractivity contribution is 9.10. The van der Waals surface area contributed by atoms with E-state index in [0.29, 0.717) is 5.69 Å². The molecule has 3 rings (SSSR count). The van der Waals surface area contributed by atoms with Crippen LogP contribution in [0.3, 0.4) is 0 Å². The Morgan fingerprint density at radius 1 is 1.36 bits per heavy atom. The van der Waals surface area contributed by atoms with E-state index >= 15 is 0 Å². The van der Waals surface area contributed by atoms with Gasteiger partial charge in [-0.15, -0.1) is 0 Å². The van der Waals surface area contributed by atoms with Gasteiger partial charge in [-0.1, -0.05) is 0 Å². The first kappa shape index (κ1) is 21.0. The summed E-state index contributed by atoms with van der Waals surface area (Å²) in [7, 11) is 18.5. The van der Waals surface area contributed by atoms with Crippen LogP contribution in [0.1, 0.15) is 12.1 Å². The minimum atomic E-state index is -4.28. The fourth-order valence-electron chi connectivity index (χ4n) is 2.63. The van der Waals surface area contributed by atoms with E-state index in [1.165, 1.54) is 18.2 Å². The van der Waals surface area contributed by atoms with Crippen LogP contribution in [0.2, 0.25) is 0 Å². The molecular weight excluding hydrogens is 448 g/mol. The van der Waals surface area contributed by atoms with Crippen molar-refractivity contribution in [3.8, 4) is 0 Å². The van der Waals surface area contributed by atoms with Gasteiger partial charge in [-0.25, -0.2) is 22.4 Å². The minimum absolute atomic E-state index is 0.0415. The molecule has 3 N–H and O–H groups in total. The van der Waals surface area contributed by atoms with Gasteiger partial charge >= 0.3 is 0 Å². The summed E-state index contributed by atoms with van der Waals surface area (Å²) >= 11 is 3.04. The predicted molar refractivity (Wildman–Crippen MR) is 108 cm³/mol. The second-order valence-electron chi connectivity index (χ2n) is 6.27. The summed E-state index contributed by atoms with van der Waals surface area (Å²) in [4.78, 5) is 4.10. The number of aliphatic imine (C=N–C) groups is 1. The number of nitrogens with one attached hydrogen (secondary N) is 1. The lowest BCUT2D eigenvalue weighted by atomic mass is 9.59. The minimum Gasteiger partial charge on any atom is -0.382 e. The van der Waals surface area contributed by atoms with E-state index < -0.39 is 30.8 Å². The van der Waals surface area contributed by atoms with Gasteiger partial charge < -0.3 is 11.1 Å². The van der Waals surface area contributed by atoms with Crippen molar-refractivity contribution in [3.05, 3.63) is 34.2 Å². The molecule has 1 unspecified atom stereocenters. The van der Waals surface area contributed by atoms with Crippen molar-refractivity contribution >= 4 is 74.5 Å². The quantitative estimate of drug-likeness (QED) is 0.363. The molecule has 0 amide bonds. The van der Waals surface area contributed by atoms with Gasteiger partial charge in [0.1, 0.15) is 15.7 Å². The maximum Gasteiger partial charge on any atom is 0.202 e. The lowest BCUT2D eigenvalue weighted by Crippen LogP contribution is -2.51. The molecule has 8 nitrogen and oxygen atoms in total. The van der Waals surface area contributed by atoms with Crippen molar-refractivity contribution < 1.29 is 17.4 Å². The van der Waals surface area contributed by atoms with Crippen molar-refractivity contribution in [1.29, 1.82) is 0 Å². The molecule has 136 valence electrons. The van der Waals surface area contributed by atoms with Gasteiger partial charge in [0, 0.05) is 10.6 Å². The third kappa shape index (κ3) is 3.38. The van der Waals surface area contributed by atoms with Gasteiger partial charge in [-0.2, -0.15) is 0 Å². The van der Waals surface area contributed by atoms with Crippen LogP contribution in [0.5, 0.6) is 0 Å². The van der Waals surface area contributed by atoms with Crippen LogP contribution in [-0.2, 0) is 9.84 Å².